The third-order valence-corrected chi connectivity index (χ3v) is 3.15. The highest BCUT2D eigenvalue weighted by Crippen LogP contribution is 2.11. The lowest BCUT2D eigenvalue weighted by atomic mass is 10.1. The van der Waals surface area contributed by atoms with E-state index in [1.54, 1.807) is 23.7 Å². The number of hydrogen-bond donors (Lipinski definition) is 0. The predicted octanol–water partition coefficient (Wildman–Crippen LogP) is 3.27. The third kappa shape index (κ3) is 2.76. The molecule has 2 heterocycles. The molecule has 0 N–H and O–H groups in total. The van der Waals surface area contributed by atoms with Crippen LogP contribution in [0, 0.1) is 6.92 Å². The first-order valence-electron chi connectivity index (χ1n) is 5.21. The van der Waals surface area contributed by atoms with E-state index >= 15 is 0 Å². The first kappa shape index (κ1) is 11.0. The van der Waals surface area contributed by atoms with Crippen molar-refractivity contribution in [2.24, 2.45) is 0 Å². The van der Waals surface area contributed by atoms with Crippen LogP contribution in [0.4, 0.5) is 0 Å². The predicted molar refractivity (Wildman–Crippen MR) is 65.9 cm³/mol. The van der Waals surface area contributed by atoms with Gasteiger partial charge in [0, 0.05) is 24.4 Å². The molecule has 0 fully saturated rings. The van der Waals surface area contributed by atoms with Crippen LogP contribution in [0.3, 0.4) is 0 Å². The number of aromatic nitrogens is 1. The van der Waals surface area contributed by atoms with Gasteiger partial charge in [0.15, 0.2) is 5.78 Å². The van der Waals surface area contributed by atoms with Gasteiger partial charge >= 0.3 is 0 Å². The molecule has 0 aliphatic heterocycles. The van der Waals surface area contributed by atoms with Gasteiger partial charge in [0.1, 0.15) is 0 Å². The molecule has 16 heavy (non-hydrogen) atoms. The summed E-state index contributed by atoms with van der Waals surface area (Å²) in [5.41, 5.74) is 2.98. The van der Waals surface area contributed by atoms with Gasteiger partial charge in [0.2, 0.25) is 0 Å². The number of hydrogen-bond acceptors (Lipinski definition) is 3. The Bertz CT molecular complexity index is 476. The molecule has 0 atom stereocenters. The summed E-state index contributed by atoms with van der Waals surface area (Å²) in [6, 6.07) is 3.95. The second-order valence-electron chi connectivity index (χ2n) is 3.81. The van der Waals surface area contributed by atoms with Gasteiger partial charge in [0.05, 0.1) is 0 Å². The van der Waals surface area contributed by atoms with Gasteiger partial charge in [-0.25, -0.2) is 0 Å². The fourth-order valence-electron chi connectivity index (χ4n) is 1.54. The molecule has 0 aliphatic carbocycles. The lowest BCUT2D eigenvalue weighted by Gasteiger charge is -2.00. The van der Waals surface area contributed by atoms with Crippen LogP contribution in [0.5, 0.6) is 0 Å². The number of ketones is 1. The van der Waals surface area contributed by atoms with Crippen LogP contribution in [0.1, 0.15) is 27.9 Å². The van der Waals surface area contributed by atoms with Crippen molar-refractivity contribution in [3.63, 3.8) is 0 Å². The molecule has 0 aliphatic rings. The minimum absolute atomic E-state index is 0.169. The molecule has 0 aromatic carbocycles. The molecule has 82 valence electrons. The molecule has 2 rings (SSSR count). The summed E-state index contributed by atoms with van der Waals surface area (Å²) in [6.07, 6.45) is 4.77. The summed E-state index contributed by atoms with van der Waals surface area (Å²) in [6.45, 7) is 1.95. The molecule has 0 saturated heterocycles. The number of pyridine rings is 1. The van der Waals surface area contributed by atoms with E-state index in [1.165, 1.54) is 5.56 Å². The summed E-state index contributed by atoms with van der Waals surface area (Å²) >= 11 is 1.67. The summed E-state index contributed by atoms with van der Waals surface area (Å²) in [5, 5.41) is 4.12. The van der Waals surface area contributed by atoms with E-state index in [-0.39, 0.29) is 5.78 Å². The Hall–Kier alpha value is -1.48. The topological polar surface area (TPSA) is 30.0 Å². The Morgan fingerprint density at radius 2 is 2.31 bits per heavy atom. The second kappa shape index (κ2) is 5.03. The molecule has 0 saturated carbocycles. The van der Waals surface area contributed by atoms with Crippen LogP contribution >= 0.6 is 11.3 Å². The molecule has 3 heteroatoms. The van der Waals surface area contributed by atoms with Gasteiger partial charge < -0.3 is 0 Å². The maximum absolute atomic E-state index is 11.9. The number of carbonyl (C=O) groups excluding carboxylic acids is 1. The number of carbonyl (C=O) groups is 1. The van der Waals surface area contributed by atoms with Gasteiger partial charge in [0.25, 0.3) is 0 Å². The minimum Gasteiger partial charge on any atom is -0.294 e. The van der Waals surface area contributed by atoms with E-state index in [4.69, 9.17) is 0 Å². The maximum atomic E-state index is 11.9. The molecule has 2 nitrogen and oxygen atoms in total. The van der Waals surface area contributed by atoms with Crippen molar-refractivity contribution in [3.05, 3.63) is 52.0 Å². The number of thiophene rings is 1. The standard InChI is InChI=1S/C13H13NOS/c1-10-6-12(8-14-7-10)13(15)3-2-11-4-5-16-9-11/h4-9H,2-3H2,1H3. The Labute approximate surface area is 99.0 Å². The van der Waals surface area contributed by atoms with Crippen molar-refractivity contribution in [1.82, 2.24) is 4.98 Å². The smallest absolute Gasteiger partial charge is 0.164 e. The minimum atomic E-state index is 0.169. The number of nitrogens with zero attached hydrogens (tertiary/aromatic N) is 1. The quantitative estimate of drug-likeness (QED) is 0.756. The Kier molecular flexibility index (Phi) is 3.47. The van der Waals surface area contributed by atoms with Crippen molar-refractivity contribution in [2.75, 3.05) is 0 Å². The Morgan fingerprint density at radius 3 is 3.00 bits per heavy atom. The molecule has 2 aromatic rings. The van der Waals surface area contributed by atoms with Crippen molar-refractivity contribution in [1.29, 1.82) is 0 Å². The van der Waals surface area contributed by atoms with Crippen molar-refractivity contribution >= 4 is 17.1 Å². The van der Waals surface area contributed by atoms with E-state index in [1.807, 2.05) is 18.4 Å². The fourth-order valence-corrected chi connectivity index (χ4v) is 2.25. The molecular formula is C13H13NOS. The lowest BCUT2D eigenvalue weighted by molar-refractivity contribution is 0.0982. The summed E-state index contributed by atoms with van der Waals surface area (Å²) in [5.74, 6) is 0.169. The molecule has 0 radical (unpaired) electrons. The van der Waals surface area contributed by atoms with E-state index < -0.39 is 0 Å². The van der Waals surface area contributed by atoms with Crippen LogP contribution in [0.25, 0.3) is 0 Å². The summed E-state index contributed by atoms with van der Waals surface area (Å²) in [4.78, 5) is 15.9. The number of rotatable bonds is 4. The van der Waals surface area contributed by atoms with Crippen LogP contribution in [0.2, 0.25) is 0 Å². The highest BCUT2D eigenvalue weighted by Gasteiger charge is 2.06. The fraction of sp³-hybridized carbons (Fsp3) is 0.231. The zero-order valence-corrected chi connectivity index (χ0v) is 9.96. The molecule has 2 aromatic heterocycles. The Morgan fingerprint density at radius 1 is 1.44 bits per heavy atom. The largest absolute Gasteiger partial charge is 0.294 e. The highest BCUT2D eigenvalue weighted by molar-refractivity contribution is 7.07. The van der Waals surface area contributed by atoms with Gasteiger partial charge in [-0.15, -0.1) is 0 Å². The van der Waals surface area contributed by atoms with E-state index in [2.05, 4.69) is 16.4 Å². The van der Waals surface area contributed by atoms with Gasteiger partial charge in [-0.2, -0.15) is 11.3 Å². The monoisotopic (exact) mass is 231 g/mol. The number of Topliss-reactive ketones (excluding diaryl/α,β-unsaturated/α-hetero) is 1. The van der Waals surface area contributed by atoms with Gasteiger partial charge in [-0.3, -0.25) is 9.78 Å². The normalized spacial score (nSPS) is 10.3. The van der Waals surface area contributed by atoms with Crippen molar-refractivity contribution < 1.29 is 4.79 Å². The second-order valence-corrected chi connectivity index (χ2v) is 4.59. The van der Waals surface area contributed by atoms with Crippen molar-refractivity contribution in [2.45, 2.75) is 19.8 Å². The number of aryl methyl sites for hydroxylation is 2. The first-order valence-corrected chi connectivity index (χ1v) is 6.16. The van der Waals surface area contributed by atoms with Gasteiger partial charge in [-0.1, -0.05) is 0 Å². The molecule has 0 unspecified atom stereocenters. The van der Waals surface area contributed by atoms with Crippen molar-refractivity contribution in [3.8, 4) is 0 Å². The van der Waals surface area contributed by atoms with Gasteiger partial charge in [-0.05, 0) is 47.4 Å². The SMILES string of the molecule is Cc1cncc(C(=O)CCc2ccsc2)c1. The average molecular weight is 231 g/mol. The average Bonchev–Trinajstić information content (AvgIpc) is 2.78. The third-order valence-electron chi connectivity index (χ3n) is 2.42. The van der Waals surface area contributed by atoms with Crippen LogP contribution < -0.4 is 0 Å². The molecule has 0 spiro atoms. The van der Waals surface area contributed by atoms with Crippen LogP contribution in [0.15, 0.2) is 35.3 Å². The lowest BCUT2D eigenvalue weighted by Crippen LogP contribution is -2.01. The zero-order chi connectivity index (χ0) is 11.4. The zero-order valence-electron chi connectivity index (χ0n) is 9.14. The highest BCUT2D eigenvalue weighted by atomic mass is 32.1. The van der Waals surface area contributed by atoms with E-state index in [0.29, 0.717) is 6.42 Å². The Balaban J connectivity index is 1.98. The van der Waals surface area contributed by atoms with Crippen LogP contribution in [-0.2, 0) is 6.42 Å². The maximum Gasteiger partial charge on any atom is 0.164 e. The molecule has 0 bridgehead atoms. The summed E-state index contributed by atoms with van der Waals surface area (Å²) in [7, 11) is 0. The molecule has 0 amide bonds. The molecular weight excluding hydrogens is 218 g/mol. The summed E-state index contributed by atoms with van der Waals surface area (Å²) < 4.78 is 0. The van der Waals surface area contributed by atoms with E-state index in [9.17, 15) is 4.79 Å². The van der Waals surface area contributed by atoms with E-state index in [0.717, 1.165) is 17.5 Å². The first-order chi connectivity index (χ1) is 7.75. The van der Waals surface area contributed by atoms with Crippen LogP contribution in [-0.4, -0.2) is 10.8 Å².